The zero-order valence-corrected chi connectivity index (χ0v) is 34.8. The third-order valence-corrected chi connectivity index (χ3v) is 8.95. The highest BCUT2D eigenvalue weighted by Crippen LogP contribution is 2.13. The number of rotatable bonds is 29. The van der Waals surface area contributed by atoms with E-state index in [2.05, 4.69) is 58.4 Å². The third-order valence-electron chi connectivity index (χ3n) is 8.95. The molecule has 0 aliphatic rings. The van der Waals surface area contributed by atoms with E-state index in [0.29, 0.717) is 25.7 Å². The molecule has 2 heterocycles. The van der Waals surface area contributed by atoms with E-state index >= 15 is 0 Å². The van der Waals surface area contributed by atoms with Crippen LogP contribution in [0.4, 0.5) is 11.4 Å². The number of amides is 2. The minimum atomic E-state index is 0. The second kappa shape index (κ2) is 32.9. The van der Waals surface area contributed by atoms with Gasteiger partial charge in [-0.05, 0) is 25.7 Å². The molecule has 0 aromatic carbocycles. The quantitative estimate of drug-likeness (QED) is 0.0730. The normalized spacial score (nSPS) is 10.6. The van der Waals surface area contributed by atoms with Gasteiger partial charge in [0.15, 0.2) is 24.8 Å². The van der Waals surface area contributed by atoms with Crippen molar-refractivity contribution in [2.75, 3.05) is 10.6 Å². The molecule has 0 bridgehead atoms. The second-order valence-corrected chi connectivity index (χ2v) is 13.3. The fourth-order valence-electron chi connectivity index (χ4n) is 5.96. The molecule has 0 aliphatic carbocycles. The average Bonchev–Trinajstić information content (AvgIpc) is 3.06. The first-order chi connectivity index (χ1) is 22.6. The van der Waals surface area contributed by atoms with Crippen molar-refractivity contribution in [3.8, 4) is 0 Å². The highest BCUT2D eigenvalue weighted by Gasteiger charge is 2.08. The monoisotopic (exact) mass is 890 g/mol. The Morgan fingerprint density at radius 1 is 0.438 bits per heavy atom. The number of aromatic nitrogens is 2. The molecule has 0 saturated heterocycles. The Balaban J connectivity index is 0.0000110. The Morgan fingerprint density at radius 3 is 1.00 bits per heavy atom. The molecule has 0 aliphatic heterocycles. The number of pyridine rings is 2. The summed E-state index contributed by atoms with van der Waals surface area (Å²) in [5.41, 5.74) is 1.66. The van der Waals surface area contributed by atoms with Crippen LogP contribution in [0.5, 0.6) is 0 Å². The Morgan fingerprint density at radius 2 is 0.708 bits per heavy atom. The maximum absolute atomic E-state index is 12.4. The summed E-state index contributed by atoms with van der Waals surface area (Å²) in [6.07, 6.45) is 37.3. The van der Waals surface area contributed by atoms with Crippen molar-refractivity contribution in [2.45, 2.75) is 181 Å². The van der Waals surface area contributed by atoms with E-state index in [1.165, 1.54) is 128 Å². The SMILES string of the molecule is CCCCCCCCCCCC[n+]1ccc(NC(=O)CCCCC(=O)Nc2cc[n+](CCCCCCCCCCCC)cc2)cc1.[I-].[I-]. The molecular formula is C40H68I2N4O2. The predicted molar refractivity (Wildman–Crippen MR) is 193 cm³/mol. The van der Waals surface area contributed by atoms with Gasteiger partial charge in [-0.2, -0.15) is 0 Å². The molecule has 2 amide bonds. The van der Waals surface area contributed by atoms with Gasteiger partial charge in [-0.3, -0.25) is 9.59 Å². The molecule has 0 fully saturated rings. The number of hydrogen-bond donors (Lipinski definition) is 2. The number of carbonyl (C=O) groups is 2. The van der Waals surface area contributed by atoms with Crippen LogP contribution in [0.3, 0.4) is 0 Å². The molecule has 274 valence electrons. The minimum absolute atomic E-state index is 0. The summed E-state index contributed by atoms with van der Waals surface area (Å²) in [5.74, 6) is 0.00532. The molecule has 0 atom stereocenters. The molecule has 0 radical (unpaired) electrons. The number of nitrogens with zero attached hydrogens (tertiary/aromatic N) is 2. The van der Waals surface area contributed by atoms with Crippen molar-refractivity contribution in [3.05, 3.63) is 49.1 Å². The third kappa shape index (κ3) is 25.6. The summed E-state index contributed by atoms with van der Waals surface area (Å²) < 4.78 is 4.40. The molecule has 0 spiro atoms. The van der Waals surface area contributed by atoms with Gasteiger partial charge in [0.25, 0.3) is 0 Å². The van der Waals surface area contributed by atoms with Crippen molar-refractivity contribution in [3.63, 3.8) is 0 Å². The van der Waals surface area contributed by atoms with E-state index in [1.54, 1.807) is 0 Å². The van der Waals surface area contributed by atoms with E-state index in [1.807, 2.05) is 24.3 Å². The van der Waals surface area contributed by atoms with Crippen LogP contribution in [0.15, 0.2) is 49.1 Å². The molecule has 8 heteroatoms. The number of anilines is 2. The topological polar surface area (TPSA) is 66.0 Å². The summed E-state index contributed by atoms with van der Waals surface area (Å²) >= 11 is 0. The summed E-state index contributed by atoms with van der Waals surface area (Å²) in [6.45, 7) is 6.59. The molecule has 0 unspecified atom stereocenters. The maximum atomic E-state index is 12.4. The highest BCUT2D eigenvalue weighted by molar-refractivity contribution is 5.91. The van der Waals surface area contributed by atoms with Crippen molar-refractivity contribution in [1.29, 1.82) is 0 Å². The van der Waals surface area contributed by atoms with Crippen LogP contribution in [0, 0.1) is 0 Å². The van der Waals surface area contributed by atoms with E-state index in [4.69, 9.17) is 0 Å². The highest BCUT2D eigenvalue weighted by atomic mass is 127. The Bertz CT molecular complexity index is 951. The van der Waals surface area contributed by atoms with Crippen LogP contribution in [0.25, 0.3) is 0 Å². The van der Waals surface area contributed by atoms with Crippen molar-refractivity contribution < 1.29 is 66.7 Å². The summed E-state index contributed by atoms with van der Waals surface area (Å²) in [5, 5.41) is 5.98. The Kier molecular flexibility index (Phi) is 32.0. The van der Waals surface area contributed by atoms with E-state index in [0.717, 1.165) is 24.5 Å². The lowest BCUT2D eigenvalue weighted by molar-refractivity contribution is -0.697. The first-order valence-electron chi connectivity index (χ1n) is 19.2. The van der Waals surface area contributed by atoms with Gasteiger partial charge < -0.3 is 58.6 Å². The number of hydrogen-bond acceptors (Lipinski definition) is 2. The minimum Gasteiger partial charge on any atom is -1.00 e. The van der Waals surface area contributed by atoms with Crippen LogP contribution < -0.4 is 67.7 Å². The van der Waals surface area contributed by atoms with E-state index in [9.17, 15) is 9.59 Å². The molecule has 6 nitrogen and oxygen atoms in total. The van der Waals surface area contributed by atoms with Crippen molar-refractivity contribution in [1.82, 2.24) is 0 Å². The van der Waals surface area contributed by atoms with Crippen LogP contribution in [0.2, 0.25) is 0 Å². The Labute approximate surface area is 328 Å². The zero-order chi connectivity index (χ0) is 32.9. The molecule has 0 saturated carbocycles. The first-order valence-corrected chi connectivity index (χ1v) is 19.2. The fourth-order valence-corrected chi connectivity index (χ4v) is 5.96. The number of unbranched alkanes of at least 4 members (excludes halogenated alkanes) is 19. The van der Waals surface area contributed by atoms with Gasteiger partial charge in [-0.15, -0.1) is 0 Å². The smallest absolute Gasteiger partial charge is 0.224 e. The van der Waals surface area contributed by atoms with Gasteiger partial charge in [-0.25, -0.2) is 9.13 Å². The summed E-state index contributed by atoms with van der Waals surface area (Å²) in [6, 6.07) is 7.90. The maximum Gasteiger partial charge on any atom is 0.224 e. The summed E-state index contributed by atoms with van der Waals surface area (Å²) in [4.78, 5) is 24.8. The molecule has 2 rings (SSSR count). The van der Waals surface area contributed by atoms with Gasteiger partial charge in [0.1, 0.15) is 13.1 Å². The average molecular weight is 891 g/mol. The Hall–Kier alpha value is -1.30. The van der Waals surface area contributed by atoms with Crippen LogP contribution in [0.1, 0.15) is 168 Å². The molecule has 2 aromatic heterocycles. The lowest BCUT2D eigenvalue weighted by Crippen LogP contribution is -3.00. The van der Waals surface area contributed by atoms with Gasteiger partial charge in [0.2, 0.25) is 11.8 Å². The van der Waals surface area contributed by atoms with Crippen molar-refractivity contribution in [2.24, 2.45) is 0 Å². The van der Waals surface area contributed by atoms with Crippen LogP contribution in [-0.4, -0.2) is 11.8 Å². The van der Waals surface area contributed by atoms with Gasteiger partial charge >= 0.3 is 0 Å². The lowest BCUT2D eigenvalue weighted by atomic mass is 10.1. The number of aryl methyl sites for hydroxylation is 2. The predicted octanol–water partition coefficient (Wildman–Crippen LogP) is 4.25. The largest absolute Gasteiger partial charge is 1.00 e. The fraction of sp³-hybridized carbons (Fsp3) is 0.700. The van der Waals surface area contributed by atoms with Crippen molar-refractivity contribution >= 4 is 23.2 Å². The molecule has 2 N–H and O–H groups in total. The zero-order valence-electron chi connectivity index (χ0n) is 30.5. The van der Waals surface area contributed by atoms with Crippen LogP contribution in [-0.2, 0) is 22.7 Å². The number of halogens is 2. The van der Waals surface area contributed by atoms with Gasteiger partial charge in [0, 0.05) is 49.9 Å². The summed E-state index contributed by atoms with van der Waals surface area (Å²) in [7, 11) is 0. The lowest BCUT2D eigenvalue weighted by Gasteiger charge is -2.06. The first kappa shape index (κ1) is 46.7. The molecular weight excluding hydrogens is 822 g/mol. The molecule has 2 aromatic rings. The van der Waals surface area contributed by atoms with E-state index < -0.39 is 0 Å². The van der Waals surface area contributed by atoms with Gasteiger partial charge in [0.05, 0.1) is 11.4 Å². The number of nitrogens with one attached hydrogen (secondary N) is 2. The van der Waals surface area contributed by atoms with E-state index in [-0.39, 0.29) is 59.8 Å². The standard InChI is InChI=1S/C40H66N4O2.2HI/c1-3-5-7-9-11-13-15-17-19-23-31-43-33-27-37(28-34-43)41-39(45)25-21-22-26-40(46)42-38-29-35-44(36-30-38)32-24-20-18-16-14-12-10-8-6-4-2;;/h27-30,33-36H,3-26,31-32H2,1-2H3;2*1H. The van der Waals surface area contributed by atoms with Crippen LogP contribution >= 0.6 is 0 Å². The second-order valence-electron chi connectivity index (χ2n) is 13.3. The van der Waals surface area contributed by atoms with Gasteiger partial charge in [-0.1, -0.05) is 117 Å². The number of carbonyl (C=O) groups excluding carboxylic acids is 2. The molecule has 48 heavy (non-hydrogen) atoms.